The van der Waals surface area contributed by atoms with Gasteiger partial charge in [-0.15, -0.1) is 0 Å². The molecule has 106 valence electrons. The molecule has 6 heteroatoms. The molecule has 2 rings (SSSR count). The lowest BCUT2D eigenvalue weighted by Gasteiger charge is -2.16. The molecule has 1 heterocycles. The first-order valence-corrected chi connectivity index (χ1v) is 6.56. The van der Waals surface area contributed by atoms with Crippen molar-refractivity contribution in [2.45, 2.75) is 26.7 Å². The number of carbonyl (C=O) groups is 2. The summed E-state index contributed by atoms with van der Waals surface area (Å²) in [4.78, 5) is 35.4. The van der Waals surface area contributed by atoms with Crippen LogP contribution in [0.15, 0.2) is 18.2 Å². The van der Waals surface area contributed by atoms with Crippen molar-refractivity contribution >= 4 is 23.1 Å². The van der Waals surface area contributed by atoms with Gasteiger partial charge in [-0.1, -0.05) is 13.8 Å². The largest absolute Gasteiger partial charge is 0.305 e. The second kappa shape index (κ2) is 5.40. The van der Waals surface area contributed by atoms with Crippen LogP contribution in [0.4, 0.5) is 11.4 Å². The summed E-state index contributed by atoms with van der Waals surface area (Å²) >= 11 is 0. The van der Waals surface area contributed by atoms with Gasteiger partial charge >= 0.3 is 0 Å². The molecule has 0 aromatic heterocycles. The van der Waals surface area contributed by atoms with Crippen LogP contribution in [0.25, 0.3) is 0 Å². The molecule has 1 aliphatic rings. The Morgan fingerprint density at radius 2 is 2.00 bits per heavy atom. The van der Waals surface area contributed by atoms with Gasteiger partial charge in [0.15, 0.2) is 0 Å². The van der Waals surface area contributed by atoms with Gasteiger partial charge < -0.3 is 4.90 Å². The molecule has 0 fully saturated rings. The van der Waals surface area contributed by atoms with Gasteiger partial charge in [0, 0.05) is 18.7 Å². The minimum absolute atomic E-state index is 0.133. The van der Waals surface area contributed by atoms with Crippen molar-refractivity contribution in [3.63, 3.8) is 0 Å². The maximum absolute atomic E-state index is 11.9. The number of amides is 1. The number of anilines is 1. The van der Waals surface area contributed by atoms with E-state index in [-0.39, 0.29) is 11.3 Å². The van der Waals surface area contributed by atoms with Crippen LogP contribution < -0.4 is 4.90 Å². The Kier molecular flexibility index (Phi) is 3.83. The molecule has 0 bridgehead atoms. The number of fused-ring (bicyclic) bond motifs is 1. The Hall–Kier alpha value is -2.24. The molecule has 0 radical (unpaired) electrons. The van der Waals surface area contributed by atoms with Gasteiger partial charge in [0.25, 0.3) is 17.4 Å². The SMILES string of the molecule is CC(C)CCCN1C(=O)C(=O)c2cc([N+](=O)[O-])ccc21. The predicted octanol–water partition coefficient (Wildman–Crippen LogP) is 2.56. The summed E-state index contributed by atoms with van der Waals surface area (Å²) < 4.78 is 0. The van der Waals surface area contributed by atoms with Crippen molar-refractivity contribution in [2.24, 2.45) is 5.92 Å². The number of Topliss-reactive ketones (excluding diaryl/α,β-unsaturated/α-hetero) is 1. The quantitative estimate of drug-likeness (QED) is 0.470. The number of nitro groups is 1. The highest BCUT2D eigenvalue weighted by atomic mass is 16.6. The van der Waals surface area contributed by atoms with Crippen molar-refractivity contribution < 1.29 is 14.5 Å². The number of rotatable bonds is 5. The van der Waals surface area contributed by atoms with E-state index in [1.54, 1.807) is 0 Å². The standard InChI is InChI=1S/C14H16N2O4/c1-9(2)4-3-7-15-12-6-5-10(16(19)20)8-11(12)13(17)14(15)18/h5-6,8-9H,3-4,7H2,1-2H3. The molecule has 0 saturated carbocycles. The monoisotopic (exact) mass is 276 g/mol. The number of hydrogen-bond acceptors (Lipinski definition) is 4. The Morgan fingerprint density at radius 1 is 1.30 bits per heavy atom. The molecule has 0 aliphatic carbocycles. The lowest BCUT2D eigenvalue weighted by molar-refractivity contribution is -0.384. The van der Waals surface area contributed by atoms with Crippen LogP contribution in [0.2, 0.25) is 0 Å². The van der Waals surface area contributed by atoms with Crippen LogP contribution in [0.5, 0.6) is 0 Å². The summed E-state index contributed by atoms with van der Waals surface area (Å²) in [5.74, 6) is -0.725. The van der Waals surface area contributed by atoms with E-state index in [0.29, 0.717) is 18.2 Å². The summed E-state index contributed by atoms with van der Waals surface area (Å²) in [5.41, 5.74) is 0.442. The molecule has 1 aromatic carbocycles. The third-order valence-electron chi connectivity index (χ3n) is 3.33. The Morgan fingerprint density at radius 3 is 2.60 bits per heavy atom. The number of hydrogen-bond donors (Lipinski definition) is 0. The Labute approximate surface area is 116 Å². The minimum Gasteiger partial charge on any atom is -0.305 e. The molecule has 20 heavy (non-hydrogen) atoms. The fourth-order valence-corrected chi connectivity index (χ4v) is 2.28. The van der Waals surface area contributed by atoms with Gasteiger partial charge in [0.05, 0.1) is 16.2 Å². The second-order valence-corrected chi connectivity index (χ2v) is 5.28. The number of ketones is 1. The predicted molar refractivity (Wildman–Crippen MR) is 73.9 cm³/mol. The third kappa shape index (κ3) is 2.54. The van der Waals surface area contributed by atoms with Crippen molar-refractivity contribution in [3.8, 4) is 0 Å². The van der Waals surface area contributed by atoms with E-state index < -0.39 is 16.6 Å². The summed E-state index contributed by atoms with van der Waals surface area (Å²) in [7, 11) is 0. The zero-order valence-electron chi connectivity index (χ0n) is 11.5. The summed E-state index contributed by atoms with van der Waals surface area (Å²) in [5, 5.41) is 10.7. The van der Waals surface area contributed by atoms with E-state index in [9.17, 15) is 19.7 Å². The highest BCUT2D eigenvalue weighted by molar-refractivity contribution is 6.52. The molecule has 0 unspecified atom stereocenters. The highest BCUT2D eigenvalue weighted by Gasteiger charge is 2.36. The van der Waals surface area contributed by atoms with Crippen molar-refractivity contribution in [1.29, 1.82) is 0 Å². The molecular weight excluding hydrogens is 260 g/mol. The average Bonchev–Trinajstić information content (AvgIpc) is 2.63. The molecule has 6 nitrogen and oxygen atoms in total. The summed E-state index contributed by atoms with van der Waals surface area (Å²) in [6.45, 7) is 4.65. The third-order valence-corrected chi connectivity index (χ3v) is 3.33. The van der Waals surface area contributed by atoms with E-state index in [1.165, 1.54) is 23.1 Å². The zero-order chi connectivity index (χ0) is 14.9. The van der Waals surface area contributed by atoms with Gasteiger partial charge in [-0.3, -0.25) is 19.7 Å². The minimum atomic E-state index is -0.659. The van der Waals surface area contributed by atoms with Crippen LogP contribution in [-0.4, -0.2) is 23.2 Å². The van der Waals surface area contributed by atoms with E-state index in [1.807, 2.05) is 0 Å². The van der Waals surface area contributed by atoms with Gasteiger partial charge in [-0.2, -0.15) is 0 Å². The highest BCUT2D eigenvalue weighted by Crippen LogP contribution is 2.32. The normalized spacial score (nSPS) is 14.1. The molecule has 0 N–H and O–H groups in total. The molecule has 0 atom stereocenters. The first kappa shape index (κ1) is 14.2. The van der Waals surface area contributed by atoms with E-state index >= 15 is 0 Å². The average molecular weight is 276 g/mol. The van der Waals surface area contributed by atoms with E-state index in [4.69, 9.17) is 0 Å². The smallest absolute Gasteiger partial charge is 0.299 e. The van der Waals surface area contributed by atoms with Crippen molar-refractivity contribution in [2.75, 3.05) is 11.4 Å². The molecule has 0 spiro atoms. The Bertz CT molecular complexity index is 581. The fraction of sp³-hybridized carbons (Fsp3) is 0.429. The maximum Gasteiger partial charge on any atom is 0.299 e. The van der Waals surface area contributed by atoms with Crippen LogP contribution in [0, 0.1) is 16.0 Å². The number of nitro benzene ring substituents is 1. The molecule has 0 saturated heterocycles. The zero-order valence-corrected chi connectivity index (χ0v) is 11.5. The van der Waals surface area contributed by atoms with Crippen LogP contribution in [0.3, 0.4) is 0 Å². The van der Waals surface area contributed by atoms with Crippen molar-refractivity contribution in [1.82, 2.24) is 0 Å². The van der Waals surface area contributed by atoms with Crippen LogP contribution >= 0.6 is 0 Å². The molecule has 1 aliphatic heterocycles. The molecular formula is C14H16N2O4. The fourth-order valence-electron chi connectivity index (χ4n) is 2.28. The summed E-state index contributed by atoms with van der Waals surface area (Å²) in [6.07, 6.45) is 1.76. The number of nitrogens with zero attached hydrogens (tertiary/aromatic N) is 2. The molecule has 1 amide bonds. The first-order chi connectivity index (χ1) is 9.41. The lowest BCUT2D eigenvalue weighted by Crippen LogP contribution is -2.30. The number of non-ortho nitro benzene ring substituents is 1. The van der Waals surface area contributed by atoms with Crippen LogP contribution in [-0.2, 0) is 4.79 Å². The number of benzene rings is 1. The van der Waals surface area contributed by atoms with Gasteiger partial charge in [0.2, 0.25) is 0 Å². The first-order valence-electron chi connectivity index (χ1n) is 6.56. The summed E-state index contributed by atoms with van der Waals surface area (Å²) in [6, 6.07) is 3.98. The van der Waals surface area contributed by atoms with Gasteiger partial charge in [0.1, 0.15) is 0 Å². The lowest BCUT2D eigenvalue weighted by atomic mass is 10.1. The Balaban J connectivity index is 2.24. The molecule has 1 aromatic rings. The van der Waals surface area contributed by atoms with Gasteiger partial charge in [-0.25, -0.2) is 0 Å². The second-order valence-electron chi connectivity index (χ2n) is 5.28. The van der Waals surface area contributed by atoms with Crippen LogP contribution in [0.1, 0.15) is 37.0 Å². The van der Waals surface area contributed by atoms with E-state index in [2.05, 4.69) is 13.8 Å². The van der Waals surface area contributed by atoms with Crippen molar-refractivity contribution in [3.05, 3.63) is 33.9 Å². The number of carbonyl (C=O) groups excluding carboxylic acids is 2. The maximum atomic E-state index is 11.9. The van der Waals surface area contributed by atoms with E-state index in [0.717, 1.165) is 12.8 Å². The van der Waals surface area contributed by atoms with Gasteiger partial charge in [-0.05, 0) is 24.8 Å². The topological polar surface area (TPSA) is 80.5 Å².